The van der Waals surface area contributed by atoms with E-state index < -0.39 is 34.3 Å². The molecule has 1 aromatic rings. The number of methoxy groups -OCH3 is 1. The average Bonchev–Trinajstić information content (AvgIpc) is 2.58. The van der Waals surface area contributed by atoms with Gasteiger partial charge in [0.15, 0.2) is 0 Å². The first kappa shape index (κ1) is 19.2. The standard InChI is InChI=1S/C16H21NO7S/c1-22-15(18)14-10-13(24-25(2,20)21)8-9-17(14)16(19)23-11-12-6-4-3-5-7-12/h3-7,13-14H,8-11H2,1-2H3/t13-,14+/m1/s1. The maximum atomic E-state index is 12.3. The lowest BCUT2D eigenvalue weighted by atomic mass is 10.00. The van der Waals surface area contributed by atoms with Crippen molar-refractivity contribution in [3.05, 3.63) is 35.9 Å². The average molecular weight is 371 g/mol. The fraction of sp³-hybridized carbons (Fsp3) is 0.500. The maximum absolute atomic E-state index is 12.3. The number of nitrogens with zero attached hydrogens (tertiary/aromatic N) is 1. The number of ether oxygens (including phenoxy) is 2. The van der Waals surface area contributed by atoms with Crippen LogP contribution in [0, 0.1) is 0 Å². The van der Waals surface area contributed by atoms with E-state index in [9.17, 15) is 18.0 Å². The van der Waals surface area contributed by atoms with Crippen molar-refractivity contribution in [3.63, 3.8) is 0 Å². The first-order valence-corrected chi connectivity index (χ1v) is 9.55. The van der Waals surface area contributed by atoms with Crippen molar-refractivity contribution in [3.8, 4) is 0 Å². The predicted octanol–water partition coefficient (Wildman–Crippen LogP) is 1.31. The Morgan fingerprint density at radius 3 is 2.52 bits per heavy atom. The fourth-order valence-electron chi connectivity index (χ4n) is 2.65. The summed E-state index contributed by atoms with van der Waals surface area (Å²) in [5, 5.41) is 0. The molecule has 1 fully saturated rings. The van der Waals surface area contributed by atoms with Gasteiger partial charge in [-0.25, -0.2) is 9.59 Å². The van der Waals surface area contributed by atoms with E-state index >= 15 is 0 Å². The molecule has 0 spiro atoms. The Hall–Kier alpha value is -2.13. The zero-order valence-corrected chi connectivity index (χ0v) is 14.9. The number of carbonyl (C=O) groups excluding carboxylic acids is 2. The van der Waals surface area contributed by atoms with Crippen LogP contribution in [-0.2, 0) is 35.2 Å². The Kier molecular flexibility index (Phi) is 6.38. The van der Waals surface area contributed by atoms with Crippen molar-refractivity contribution in [1.29, 1.82) is 0 Å². The molecule has 0 aromatic heterocycles. The number of esters is 1. The minimum absolute atomic E-state index is 0.0280. The zero-order valence-electron chi connectivity index (χ0n) is 14.1. The summed E-state index contributed by atoms with van der Waals surface area (Å²) in [4.78, 5) is 25.6. The van der Waals surface area contributed by atoms with E-state index in [2.05, 4.69) is 0 Å². The van der Waals surface area contributed by atoms with E-state index in [0.717, 1.165) is 11.8 Å². The number of carbonyl (C=O) groups is 2. The van der Waals surface area contributed by atoms with Crippen LogP contribution in [0.3, 0.4) is 0 Å². The van der Waals surface area contributed by atoms with Crippen LogP contribution >= 0.6 is 0 Å². The van der Waals surface area contributed by atoms with Crippen molar-refractivity contribution in [1.82, 2.24) is 4.90 Å². The Morgan fingerprint density at radius 1 is 1.24 bits per heavy atom. The van der Waals surface area contributed by atoms with Gasteiger partial charge in [0.1, 0.15) is 12.6 Å². The Labute approximate surface area is 146 Å². The second kappa shape index (κ2) is 8.30. The fourth-order valence-corrected chi connectivity index (χ4v) is 3.32. The van der Waals surface area contributed by atoms with Gasteiger partial charge >= 0.3 is 12.1 Å². The lowest BCUT2D eigenvalue weighted by molar-refractivity contribution is -0.149. The van der Waals surface area contributed by atoms with E-state index in [1.807, 2.05) is 30.3 Å². The topological polar surface area (TPSA) is 99.2 Å². The van der Waals surface area contributed by atoms with Crippen LogP contribution in [0.15, 0.2) is 30.3 Å². The van der Waals surface area contributed by atoms with Gasteiger partial charge in [0.2, 0.25) is 0 Å². The van der Waals surface area contributed by atoms with Crippen LogP contribution in [0.2, 0.25) is 0 Å². The molecule has 138 valence electrons. The van der Waals surface area contributed by atoms with Crippen molar-refractivity contribution in [2.75, 3.05) is 19.9 Å². The van der Waals surface area contributed by atoms with Gasteiger partial charge in [-0.05, 0) is 12.0 Å². The molecule has 0 unspecified atom stereocenters. The third kappa shape index (κ3) is 5.71. The van der Waals surface area contributed by atoms with Crippen molar-refractivity contribution >= 4 is 22.2 Å². The van der Waals surface area contributed by atoms with Crippen LogP contribution in [0.25, 0.3) is 0 Å². The van der Waals surface area contributed by atoms with Gasteiger partial charge in [-0.3, -0.25) is 9.08 Å². The first-order valence-electron chi connectivity index (χ1n) is 7.73. The Bertz CT molecular complexity index is 704. The molecule has 0 N–H and O–H groups in total. The van der Waals surface area contributed by atoms with Crippen molar-refractivity contribution < 1.29 is 31.7 Å². The molecule has 0 radical (unpaired) electrons. The molecule has 0 saturated carbocycles. The second-order valence-corrected chi connectivity index (χ2v) is 7.32. The highest BCUT2D eigenvalue weighted by atomic mass is 32.2. The zero-order chi connectivity index (χ0) is 18.4. The van der Waals surface area contributed by atoms with Gasteiger partial charge in [0.05, 0.1) is 19.5 Å². The summed E-state index contributed by atoms with van der Waals surface area (Å²) >= 11 is 0. The second-order valence-electron chi connectivity index (χ2n) is 5.72. The molecule has 1 heterocycles. The monoisotopic (exact) mass is 371 g/mol. The third-order valence-electron chi connectivity index (χ3n) is 3.78. The summed E-state index contributed by atoms with van der Waals surface area (Å²) < 4.78 is 37.5. The molecule has 1 aliphatic heterocycles. The molecule has 0 bridgehead atoms. The van der Waals surface area contributed by atoms with E-state index in [4.69, 9.17) is 13.7 Å². The first-order chi connectivity index (χ1) is 11.8. The summed E-state index contributed by atoms with van der Waals surface area (Å²) in [5.74, 6) is -0.640. The minimum atomic E-state index is -3.65. The van der Waals surface area contributed by atoms with E-state index in [1.165, 1.54) is 12.0 Å². The number of amides is 1. The molecule has 1 saturated heterocycles. The number of likely N-dealkylation sites (tertiary alicyclic amines) is 1. The SMILES string of the molecule is COC(=O)[C@@H]1C[C@H](OS(C)(=O)=O)CCN1C(=O)OCc1ccccc1. The molecule has 2 atom stereocenters. The molecule has 8 nitrogen and oxygen atoms in total. The van der Waals surface area contributed by atoms with Crippen LogP contribution < -0.4 is 0 Å². The Balaban J connectivity index is 2.02. The molecule has 9 heteroatoms. The highest BCUT2D eigenvalue weighted by Gasteiger charge is 2.39. The largest absolute Gasteiger partial charge is 0.467 e. The highest BCUT2D eigenvalue weighted by Crippen LogP contribution is 2.23. The molecular weight excluding hydrogens is 350 g/mol. The van der Waals surface area contributed by atoms with Gasteiger partial charge in [-0.1, -0.05) is 30.3 Å². The summed E-state index contributed by atoms with van der Waals surface area (Å²) in [5.41, 5.74) is 0.820. The van der Waals surface area contributed by atoms with Gasteiger partial charge in [0, 0.05) is 13.0 Å². The van der Waals surface area contributed by atoms with E-state index in [-0.39, 0.29) is 26.0 Å². The summed E-state index contributed by atoms with van der Waals surface area (Å²) in [6.07, 6.45) is -0.0868. The molecule has 0 aliphatic carbocycles. The number of rotatable bonds is 5. The summed E-state index contributed by atoms with van der Waals surface area (Å²) in [6.45, 7) is 0.209. The summed E-state index contributed by atoms with van der Waals surface area (Å²) in [6, 6.07) is 8.19. The lowest BCUT2D eigenvalue weighted by Gasteiger charge is -2.36. The van der Waals surface area contributed by atoms with Crippen LogP contribution in [0.1, 0.15) is 18.4 Å². The molecule has 1 aliphatic rings. The minimum Gasteiger partial charge on any atom is -0.467 e. The molecule has 1 amide bonds. The highest BCUT2D eigenvalue weighted by molar-refractivity contribution is 7.86. The van der Waals surface area contributed by atoms with Crippen molar-refractivity contribution in [2.24, 2.45) is 0 Å². The van der Waals surface area contributed by atoms with Gasteiger partial charge in [0.25, 0.3) is 10.1 Å². The smallest absolute Gasteiger partial charge is 0.410 e. The number of hydrogen-bond acceptors (Lipinski definition) is 7. The predicted molar refractivity (Wildman–Crippen MR) is 88.1 cm³/mol. The normalized spacial score (nSPS) is 20.8. The Morgan fingerprint density at radius 2 is 1.92 bits per heavy atom. The van der Waals surface area contributed by atoms with Crippen LogP contribution in [0.4, 0.5) is 4.79 Å². The number of piperidine rings is 1. The van der Waals surface area contributed by atoms with Gasteiger partial charge in [-0.2, -0.15) is 8.42 Å². The van der Waals surface area contributed by atoms with Crippen LogP contribution in [-0.4, -0.2) is 57.4 Å². The maximum Gasteiger partial charge on any atom is 0.410 e. The third-order valence-corrected chi connectivity index (χ3v) is 4.40. The molecule has 1 aromatic carbocycles. The quantitative estimate of drug-likeness (QED) is 0.568. The molecule has 25 heavy (non-hydrogen) atoms. The van der Waals surface area contributed by atoms with E-state index in [0.29, 0.717) is 0 Å². The van der Waals surface area contributed by atoms with E-state index in [1.54, 1.807) is 0 Å². The van der Waals surface area contributed by atoms with Crippen LogP contribution in [0.5, 0.6) is 0 Å². The summed E-state index contributed by atoms with van der Waals surface area (Å²) in [7, 11) is -2.45. The van der Waals surface area contributed by atoms with Crippen molar-refractivity contribution in [2.45, 2.75) is 31.6 Å². The number of hydrogen-bond donors (Lipinski definition) is 0. The lowest BCUT2D eigenvalue weighted by Crippen LogP contribution is -2.52. The molecular formula is C16H21NO7S. The van der Waals surface area contributed by atoms with Gasteiger partial charge in [-0.15, -0.1) is 0 Å². The molecule has 2 rings (SSSR count). The van der Waals surface area contributed by atoms with Gasteiger partial charge < -0.3 is 9.47 Å². The number of benzene rings is 1.